The number of esters is 1. The van der Waals surface area contributed by atoms with E-state index in [2.05, 4.69) is 22.8 Å². The van der Waals surface area contributed by atoms with Crippen LogP contribution in [0.1, 0.15) is 42.1 Å². The normalized spacial score (nSPS) is 14.8. The summed E-state index contributed by atoms with van der Waals surface area (Å²) in [4.78, 5) is 23.9. The molecule has 136 valence electrons. The lowest BCUT2D eigenvalue weighted by molar-refractivity contribution is 0.0526. The van der Waals surface area contributed by atoms with Gasteiger partial charge >= 0.3 is 12.0 Å². The van der Waals surface area contributed by atoms with Crippen LogP contribution in [0.25, 0.3) is 0 Å². The van der Waals surface area contributed by atoms with E-state index in [4.69, 9.17) is 4.74 Å². The van der Waals surface area contributed by atoms with Crippen molar-refractivity contribution < 1.29 is 14.3 Å². The maximum absolute atomic E-state index is 12.2. The number of ether oxygens (including phenoxy) is 1. The van der Waals surface area contributed by atoms with Gasteiger partial charge in [-0.25, -0.2) is 9.59 Å². The van der Waals surface area contributed by atoms with E-state index in [1.807, 2.05) is 18.2 Å². The first kappa shape index (κ1) is 18.0. The topological polar surface area (TPSA) is 67.4 Å². The number of carbonyl (C=O) groups excluding carboxylic acids is 2. The number of hydrogen-bond donors (Lipinski definition) is 2. The molecule has 0 saturated heterocycles. The van der Waals surface area contributed by atoms with E-state index in [1.165, 1.54) is 12.0 Å². The SMILES string of the molecule is CCOC(=O)c1ccc(NC(=O)NCC2(c3ccccc3)CCC2)cc1. The minimum atomic E-state index is -0.363. The first-order valence-corrected chi connectivity index (χ1v) is 9.00. The standard InChI is InChI=1S/C21H24N2O3/c1-2-26-19(24)16-9-11-18(12-10-16)23-20(25)22-15-21(13-6-14-21)17-7-4-3-5-8-17/h3-5,7-12H,2,6,13-15H2,1H3,(H2,22,23,25). The highest BCUT2D eigenvalue weighted by molar-refractivity contribution is 5.92. The van der Waals surface area contributed by atoms with Crippen LogP contribution in [0.3, 0.4) is 0 Å². The summed E-state index contributed by atoms with van der Waals surface area (Å²) in [6.45, 7) is 2.72. The third-order valence-electron chi connectivity index (χ3n) is 4.94. The number of nitrogens with one attached hydrogen (secondary N) is 2. The fourth-order valence-electron chi connectivity index (χ4n) is 3.29. The number of rotatable bonds is 6. The molecule has 0 unspecified atom stereocenters. The summed E-state index contributed by atoms with van der Waals surface area (Å²) in [5.41, 5.74) is 2.44. The van der Waals surface area contributed by atoms with Gasteiger partial charge in [0.25, 0.3) is 0 Å². The quantitative estimate of drug-likeness (QED) is 0.769. The highest BCUT2D eigenvalue weighted by atomic mass is 16.5. The fraction of sp³-hybridized carbons (Fsp3) is 0.333. The van der Waals surface area contributed by atoms with Crippen LogP contribution in [0.4, 0.5) is 10.5 Å². The van der Waals surface area contributed by atoms with E-state index in [-0.39, 0.29) is 17.4 Å². The van der Waals surface area contributed by atoms with Crippen molar-refractivity contribution in [3.63, 3.8) is 0 Å². The molecular weight excluding hydrogens is 328 g/mol. The van der Waals surface area contributed by atoms with Crippen molar-refractivity contribution in [2.75, 3.05) is 18.5 Å². The van der Waals surface area contributed by atoms with Crippen LogP contribution in [0.5, 0.6) is 0 Å². The Balaban J connectivity index is 1.55. The molecule has 1 aliphatic rings. The summed E-state index contributed by atoms with van der Waals surface area (Å²) >= 11 is 0. The van der Waals surface area contributed by atoms with Crippen LogP contribution < -0.4 is 10.6 Å². The van der Waals surface area contributed by atoms with Gasteiger partial charge in [0.2, 0.25) is 0 Å². The monoisotopic (exact) mass is 352 g/mol. The Morgan fingerprint density at radius 1 is 1.04 bits per heavy atom. The lowest BCUT2D eigenvalue weighted by Crippen LogP contribution is -2.46. The van der Waals surface area contributed by atoms with Crippen LogP contribution in [0, 0.1) is 0 Å². The fourth-order valence-corrected chi connectivity index (χ4v) is 3.29. The predicted octanol–water partition coefficient (Wildman–Crippen LogP) is 4.11. The van der Waals surface area contributed by atoms with Crippen molar-refractivity contribution in [1.82, 2.24) is 5.32 Å². The largest absolute Gasteiger partial charge is 0.462 e. The molecule has 2 N–H and O–H groups in total. The molecule has 1 aliphatic carbocycles. The molecule has 0 atom stereocenters. The molecule has 26 heavy (non-hydrogen) atoms. The van der Waals surface area contributed by atoms with Gasteiger partial charge in [0.05, 0.1) is 12.2 Å². The summed E-state index contributed by atoms with van der Waals surface area (Å²) in [5, 5.41) is 5.80. The second-order valence-electron chi connectivity index (χ2n) is 6.61. The first-order chi connectivity index (χ1) is 12.6. The average molecular weight is 352 g/mol. The number of carbonyl (C=O) groups is 2. The average Bonchev–Trinajstić information content (AvgIpc) is 2.62. The van der Waals surface area contributed by atoms with Crippen molar-refractivity contribution >= 4 is 17.7 Å². The molecule has 2 amide bonds. The van der Waals surface area contributed by atoms with Gasteiger partial charge in [0, 0.05) is 17.6 Å². The second-order valence-corrected chi connectivity index (χ2v) is 6.61. The highest BCUT2D eigenvalue weighted by Gasteiger charge is 2.38. The van der Waals surface area contributed by atoms with Gasteiger partial charge in [0.15, 0.2) is 0 Å². The summed E-state index contributed by atoms with van der Waals surface area (Å²) in [5.74, 6) is -0.363. The molecule has 1 saturated carbocycles. The van der Waals surface area contributed by atoms with E-state index in [0.717, 1.165) is 12.8 Å². The number of urea groups is 1. The predicted molar refractivity (Wildman–Crippen MR) is 101 cm³/mol. The Kier molecular flexibility index (Phi) is 5.56. The molecule has 5 nitrogen and oxygen atoms in total. The Morgan fingerprint density at radius 2 is 1.73 bits per heavy atom. The Labute approximate surface area is 153 Å². The zero-order valence-corrected chi connectivity index (χ0v) is 15.0. The molecule has 0 heterocycles. The smallest absolute Gasteiger partial charge is 0.338 e. The molecule has 0 aliphatic heterocycles. The van der Waals surface area contributed by atoms with E-state index in [1.54, 1.807) is 31.2 Å². The molecule has 0 aromatic heterocycles. The number of anilines is 1. The van der Waals surface area contributed by atoms with Crippen molar-refractivity contribution in [2.24, 2.45) is 0 Å². The Bertz CT molecular complexity index is 753. The van der Waals surface area contributed by atoms with E-state index in [0.29, 0.717) is 24.4 Å². The molecule has 1 fully saturated rings. The van der Waals surface area contributed by atoms with Crippen LogP contribution in [0.15, 0.2) is 54.6 Å². The van der Waals surface area contributed by atoms with Crippen LogP contribution in [0.2, 0.25) is 0 Å². The lowest BCUT2D eigenvalue weighted by Gasteiger charge is -2.42. The van der Waals surface area contributed by atoms with Crippen molar-refractivity contribution in [3.8, 4) is 0 Å². The summed E-state index contributed by atoms with van der Waals surface area (Å²) in [6, 6.07) is 16.8. The van der Waals surface area contributed by atoms with Crippen molar-refractivity contribution in [3.05, 3.63) is 65.7 Å². The van der Waals surface area contributed by atoms with Gasteiger partial charge in [-0.15, -0.1) is 0 Å². The van der Waals surface area contributed by atoms with E-state index < -0.39 is 0 Å². The van der Waals surface area contributed by atoms with Gasteiger partial charge in [0.1, 0.15) is 0 Å². The van der Waals surface area contributed by atoms with Gasteiger partial charge in [-0.3, -0.25) is 0 Å². The van der Waals surface area contributed by atoms with Gasteiger partial charge in [-0.2, -0.15) is 0 Å². The third-order valence-corrected chi connectivity index (χ3v) is 4.94. The van der Waals surface area contributed by atoms with Crippen LogP contribution in [-0.2, 0) is 10.2 Å². The highest BCUT2D eigenvalue weighted by Crippen LogP contribution is 2.43. The zero-order valence-electron chi connectivity index (χ0n) is 15.0. The number of amides is 2. The number of hydrogen-bond acceptors (Lipinski definition) is 3. The van der Waals surface area contributed by atoms with Gasteiger partial charge in [-0.1, -0.05) is 36.8 Å². The van der Waals surface area contributed by atoms with Crippen molar-refractivity contribution in [1.29, 1.82) is 0 Å². The van der Waals surface area contributed by atoms with Gasteiger partial charge in [-0.05, 0) is 49.6 Å². The molecular formula is C21H24N2O3. The molecule has 0 radical (unpaired) electrons. The lowest BCUT2D eigenvalue weighted by atomic mass is 9.64. The summed E-state index contributed by atoms with van der Waals surface area (Å²) < 4.78 is 4.95. The Hall–Kier alpha value is -2.82. The first-order valence-electron chi connectivity index (χ1n) is 9.00. The molecule has 2 aromatic carbocycles. The van der Waals surface area contributed by atoms with E-state index in [9.17, 15) is 9.59 Å². The van der Waals surface area contributed by atoms with Crippen LogP contribution in [-0.4, -0.2) is 25.2 Å². The molecule has 0 bridgehead atoms. The third kappa shape index (κ3) is 4.04. The van der Waals surface area contributed by atoms with Crippen LogP contribution >= 0.6 is 0 Å². The minimum absolute atomic E-state index is 0.0480. The van der Waals surface area contributed by atoms with Crippen molar-refractivity contribution in [2.45, 2.75) is 31.6 Å². The molecule has 2 aromatic rings. The Morgan fingerprint density at radius 3 is 2.31 bits per heavy atom. The van der Waals surface area contributed by atoms with Gasteiger partial charge < -0.3 is 15.4 Å². The molecule has 0 spiro atoms. The maximum atomic E-state index is 12.2. The maximum Gasteiger partial charge on any atom is 0.338 e. The summed E-state index contributed by atoms with van der Waals surface area (Å²) in [7, 11) is 0. The van der Waals surface area contributed by atoms with E-state index >= 15 is 0 Å². The molecule has 3 rings (SSSR count). The zero-order chi connectivity index (χ0) is 18.4. The molecule has 5 heteroatoms. The minimum Gasteiger partial charge on any atom is -0.462 e. The second kappa shape index (κ2) is 8.04. The number of benzene rings is 2. The summed E-state index contributed by atoms with van der Waals surface area (Å²) in [6.07, 6.45) is 3.37.